The maximum absolute atomic E-state index is 13.0. The molecule has 6 heteroatoms. The number of primary amides is 1. The molecule has 2 aliphatic rings. The molecule has 0 aromatic heterocycles. The van der Waals surface area contributed by atoms with Crippen LogP contribution >= 0.6 is 0 Å². The highest BCUT2D eigenvalue weighted by molar-refractivity contribution is 6.09. The highest BCUT2D eigenvalue weighted by Gasteiger charge is 2.31. The van der Waals surface area contributed by atoms with Gasteiger partial charge in [0, 0.05) is 24.1 Å². The molecule has 6 nitrogen and oxygen atoms in total. The third-order valence-corrected chi connectivity index (χ3v) is 7.19. The predicted molar refractivity (Wildman–Crippen MR) is 139 cm³/mol. The van der Waals surface area contributed by atoms with Crippen molar-refractivity contribution in [3.8, 4) is 0 Å². The van der Waals surface area contributed by atoms with E-state index in [1.165, 1.54) is 32.1 Å². The summed E-state index contributed by atoms with van der Waals surface area (Å²) in [5.41, 5.74) is 7.35. The van der Waals surface area contributed by atoms with E-state index in [-0.39, 0.29) is 23.8 Å². The van der Waals surface area contributed by atoms with E-state index < -0.39 is 0 Å². The molecule has 4 rings (SSSR count). The van der Waals surface area contributed by atoms with Gasteiger partial charge in [-0.15, -0.1) is 0 Å². The highest BCUT2D eigenvalue weighted by atomic mass is 16.2. The average Bonchev–Trinajstić information content (AvgIpc) is 3.40. The van der Waals surface area contributed by atoms with Gasteiger partial charge in [0.25, 0.3) is 0 Å². The van der Waals surface area contributed by atoms with Crippen LogP contribution < -0.4 is 11.1 Å². The smallest absolute Gasteiger partial charge is 0.234 e. The van der Waals surface area contributed by atoms with Crippen LogP contribution in [-0.4, -0.2) is 42.1 Å². The van der Waals surface area contributed by atoms with Crippen molar-refractivity contribution in [2.75, 3.05) is 13.6 Å². The van der Waals surface area contributed by atoms with Gasteiger partial charge < -0.3 is 16.0 Å². The molecule has 0 bridgehead atoms. The number of nitrogens with two attached hydrogens (primary N) is 1. The van der Waals surface area contributed by atoms with E-state index in [2.05, 4.69) is 16.3 Å². The monoisotopic (exact) mass is 477 g/mol. The lowest BCUT2D eigenvalue weighted by atomic mass is 9.86. The molecule has 2 amide bonds. The zero-order chi connectivity index (χ0) is 25.2. The van der Waals surface area contributed by atoms with Crippen molar-refractivity contribution in [3.63, 3.8) is 0 Å². The van der Waals surface area contributed by atoms with Crippen LogP contribution in [0.5, 0.6) is 0 Å². The number of benzene rings is 2. The topological polar surface area (TPSA) is 92.5 Å². The van der Waals surface area contributed by atoms with Crippen LogP contribution in [0.3, 0.4) is 0 Å². The van der Waals surface area contributed by atoms with Crippen LogP contribution in [-0.2, 0) is 9.59 Å². The minimum atomic E-state index is -0.317. The summed E-state index contributed by atoms with van der Waals surface area (Å²) in [7, 11) is 1.69. The Morgan fingerprint density at radius 3 is 2.26 bits per heavy atom. The van der Waals surface area contributed by atoms with Crippen molar-refractivity contribution >= 4 is 17.6 Å². The summed E-state index contributed by atoms with van der Waals surface area (Å²) in [4.78, 5) is 38.0. The minimum Gasteiger partial charge on any atom is -0.368 e. The largest absolute Gasteiger partial charge is 0.368 e. The van der Waals surface area contributed by atoms with Crippen LogP contribution in [0.1, 0.15) is 85.8 Å². The first-order chi connectivity index (χ1) is 16.9. The number of nitrogens with one attached hydrogen (secondary N) is 1. The molecule has 1 unspecified atom stereocenters. The maximum atomic E-state index is 13.0. The first-order valence-corrected chi connectivity index (χ1v) is 12.9. The SMILES string of the molecule is CNC(C)C(N)=O.O=C(c1ccccc1)c1cccc([C@@H]2CCCN2C(=O)CC2CCCCC2)c1. The number of likely N-dealkylation sites (tertiary alicyclic amines) is 1. The molecule has 188 valence electrons. The van der Waals surface area contributed by atoms with Gasteiger partial charge >= 0.3 is 0 Å². The van der Waals surface area contributed by atoms with Gasteiger partial charge in [-0.25, -0.2) is 0 Å². The fourth-order valence-electron chi connectivity index (χ4n) is 4.95. The van der Waals surface area contributed by atoms with E-state index in [9.17, 15) is 14.4 Å². The van der Waals surface area contributed by atoms with Crippen LogP contribution in [0, 0.1) is 5.92 Å². The number of nitrogens with zero attached hydrogens (tertiary/aromatic N) is 1. The third-order valence-electron chi connectivity index (χ3n) is 7.19. The molecule has 2 aromatic rings. The Bertz CT molecular complexity index is 986. The fourth-order valence-corrected chi connectivity index (χ4v) is 4.95. The van der Waals surface area contributed by atoms with Crippen molar-refractivity contribution in [3.05, 3.63) is 71.3 Å². The molecule has 3 N–H and O–H groups in total. The number of hydrogen-bond donors (Lipinski definition) is 2. The van der Waals surface area contributed by atoms with Crippen LogP contribution in [0.25, 0.3) is 0 Å². The Morgan fingerprint density at radius 1 is 0.943 bits per heavy atom. The lowest BCUT2D eigenvalue weighted by molar-refractivity contribution is -0.133. The van der Waals surface area contributed by atoms with Crippen molar-refractivity contribution in [2.45, 2.75) is 70.4 Å². The molecule has 2 fully saturated rings. The Balaban J connectivity index is 0.000000429. The molecule has 1 saturated carbocycles. The maximum Gasteiger partial charge on any atom is 0.234 e. The van der Waals surface area contributed by atoms with Crippen molar-refractivity contribution in [1.82, 2.24) is 10.2 Å². The standard InChI is InChI=1S/C25H29NO2.C4H10N2O/c27-24(17-19-9-3-1-4-10-19)26-16-8-15-23(26)21-13-7-14-22(18-21)25(28)20-11-5-2-6-12-20;1-3(6-2)4(5)7/h2,5-7,11-14,18-19,23H,1,3-4,8-10,15-17H2;3,6H,1-2H3,(H2,5,7)/t23-;/m0./s1. The molecule has 0 radical (unpaired) electrons. The van der Waals surface area contributed by atoms with E-state index in [0.29, 0.717) is 29.4 Å². The first kappa shape index (κ1) is 26.6. The number of rotatable bonds is 7. The number of amides is 2. The number of ketones is 1. The summed E-state index contributed by atoms with van der Waals surface area (Å²) in [6, 6.07) is 17.2. The van der Waals surface area contributed by atoms with Gasteiger partial charge in [0.1, 0.15) is 0 Å². The van der Waals surface area contributed by atoms with Gasteiger partial charge in [-0.3, -0.25) is 14.4 Å². The molecular weight excluding hydrogens is 438 g/mol. The molecule has 2 aromatic carbocycles. The van der Waals surface area contributed by atoms with E-state index in [4.69, 9.17) is 5.73 Å². The zero-order valence-electron chi connectivity index (χ0n) is 21.0. The molecule has 1 aliphatic carbocycles. The Kier molecular flexibility index (Phi) is 10.0. The number of carbonyl (C=O) groups is 3. The third kappa shape index (κ3) is 7.49. The lowest BCUT2D eigenvalue weighted by Gasteiger charge is -2.28. The lowest BCUT2D eigenvalue weighted by Crippen LogP contribution is -2.36. The molecule has 0 spiro atoms. The number of carbonyl (C=O) groups excluding carboxylic acids is 3. The van der Waals surface area contributed by atoms with Crippen molar-refractivity contribution < 1.29 is 14.4 Å². The molecule has 2 atom stereocenters. The second-order valence-electron chi connectivity index (χ2n) is 9.69. The molecule has 1 saturated heterocycles. The van der Waals surface area contributed by atoms with Crippen molar-refractivity contribution in [1.29, 1.82) is 0 Å². The van der Waals surface area contributed by atoms with E-state index in [0.717, 1.165) is 24.9 Å². The molecule has 35 heavy (non-hydrogen) atoms. The molecule has 1 aliphatic heterocycles. The molecular formula is C29H39N3O3. The predicted octanol–water partition coefficient (Wildman–Crippen LogP) is 4.63. The van der Waals surface area contributed by atoms with E-state index in [1.54, 1.807) is 14.0 Å². The Hall–Kier alpha value is -2.99. The van der Waals surface area contributed by atoms with Gasteiger partial charge in [0.2, 0.25) is 11.8 Å². The van der Waals surface area contributed by atoms with Gasteiger partial charge in [0.05, 0.1) is 12.1 Å². The van der Waals surface area contributed by atoms with Gasteiger partial charge in [0.15, 0.2) is 5.78 Å². The van der Waals surface area contributed by atoms with Gasteiger partial charge in [-0.2, -0.15) is 0 Å². The van der Waals surface area contributed by atoms with Crippen LogP contribution in [0.2, 0.25) is 0 Å². The van der Waals surface area contributed by atoms with Gasteiger partial charge in [-0.05, 0) is 57.2 Å². The summed E-state index contributed by atoms with van der Waals surface area (Å²) in [6.45, 7) is 2.55. The Labute approximate surface area is 209 Å². The van der Waals surface area contributed by atoms with Gasteiger partial charge in [-0.1, -0.05) is 67.8 Å². The van der Waals surface area contributed by atoms with Crippen molar-refractivity contribution in [2.24, 2.45) is 11.7 Å². The van der Waals surface area contributed by atoms with E-state index in [1.807, 2.05) is 48.5 Å². The second kappa shape index (κ2) is 13.2. The Morgan fingerprint density at radius 2 is 1.63 bits per heavy atom. The first-order valence-electron chi connectivity index (χ1n) is 12.9. The van der Waals surface area contributed by atoms with Crippen LogP contribution in [0.4, 0.5) is 0 Å². The quantitative estimate of drug-likeness (QED) is 0.569. The number of hydrogen-bond acceptors (Lipinski definition) is 4. The summed E-state index contributed by atoms with van der Waals surface area (Å²) in [5.74, 6) is 0.589. The zero-order valence-corrected chi connectivity index (χ0v) is 21.0. The molecule has 1 heterocycles. The summed E-state index contributed by atoms with van der Waals surface area (Å²) in [5, 5.41) is 2.69. The highest BCUT2D eigenvalue weighted by Crippen LogP contribution is 2.35. The minimum absolute atomic E-state index is 0.0422. The fraction of sp³-hybridized carbons (Fsp3) is 0.483. The average molecular weight is 478 g/mol. The second-order valence-corrected chi connectivity index (χ2v) is 9.69. The number of likely N-dealkylation sites (N-methyl/N-ethyl adjacent to an activating group) is 1. The van der Waals surface area contributed by atoms with E-state index >= 15 is 0 Å². The van der Waals surface area contributed by atoms with Crippen LogP contribution in [0.15, 0.2) is 54.6 Å². The normalized spacial score (nSPS) is 18.9. The summed E-state index contributed by atoms with van der Waals surface area (Å²) < 4.78 is 0. The summed E-state index contributed by atoms with van der Waals surface area (Å²) >= 11 is 0. The summed E-state index contributed by atoms with van der Waals surface area (Å²) in [6.07, 6.45) is 8.97.